The number of fused-ring (bicyclic) bond motifs is 1. The van der Waals surface area contributed by atoms with Crippen molar-refractivity contribution in [2.45, 2.75) is 45.7 Å². The number of halogens is 1. The number of benzene rings is 1. The topological polar surface area (TPSA) is 25.2 Å². The normalized spacial score (nSPS) is 19.1. The molecule has 1 heterocycles. The first kappa shape index (κ1) is 13.4. The van der Waals surface area contributed by atoms with E-state index in [0.717, 1.165) is 29.9 Å². The molecule has 0 saturated heterocycles. The Bertz CT molecular complexity index is 632. The van der Waals surface area contributed by atoms with Gasteiger partial charge in [-0.3, -0.25) is 0 Å². The van der Waals surface area contributed by atoms with Crippen molar-refractivity contribution in [2.75, 3.05) is 0 Å². The lowest BCUT2D eigenvalue weighted by molar-refractivity contribution is 0.450. The van der Waals surface area contributed by atoms with Crippen LogP contribution in [0.25, 0.3) is 0 Å². The van der Waals surface area contributed by atoms with Crippen LogP contribution in [-0.4, -0.2) is 0 Å². The number of furan rings is 1. The summed E-state index contributed by atoms with van der Waals surface area (Å²) < 4.78 is 18.8. The van der Waals surface area contributed by atoms with Gasteiger partial charge in [0.05, 0.1) is 0 Å². The molecule has 1 aliphatic rings. The Labute approximate surface area is 119 Å². The Balaban J connectivity index is 1.79. The van der Waals surface area contributed by atoms with Crippen molar-refractivity contribution >= 4 is 0 Å². The summed E-state index contributed by atoms with van der Waals surface area (Å²) in [4.78, 5) is 0. The van der Waals surface area contributed by atoms with E-state index in [4.69, 9.17) is 4.42 Å². The van der Waals surface area contributed by atoms with Crippen molar-refractivity contribution in [3.05, 3.63) is 58.3 Å². The third-order valence-electron chi connectivity index (χ3n) is 4.18. The number of rotatable bonds is 3. The van der Waals surface area contributed by atoms with Gasteiger partial charge in [-0.1, -0.05) is 6.07 Å². The first-order chi connectivity index (χ1) is 9.54. The second-order valence-corrected chi connectivity index (χ2v) is 5.69. The molecule has 1 aromatic carbocycles. The summed E-state index contributed by atoms with van der Waals surface area (Å²) in [5.74, 6) is 1.78. The quantitative estimate of drug-likeness (QED) is 0.898. The molecule has 2 unspecified atom stereocenters. The molecule has 0 fully saturated rings. The maximum atomic E-state index is 13.2. The van der Waals surface area contributed by atoms with Crippen molar-refractivity contribution in [2.24, 2.45) is 0 Å². The van der Waals surface area contributed by atoms with Crippen molar-refractivity contribution < 1.29 is 8.81 Å². The highest BCUT2D eigenvalue weighted by Crippen LogP contribution is 2.34. The molecule has 2 aromatic rings. The van der Waals surface area contributed by atoms with E-state index in [2.05, 4.69) is 18.3 Å². The summed E-state index contributed by atoms with van der Waals surface area (Å²) in [5.41, 5.74) is 3.57. The molecule has 1 N–H and O–H groups in total. The fraction of sp³-hybridized carbons (Fsp3) is 0.412. The summed E-state index contributed by atoms with van der Waals surface area (Å²) in [7, 11) is 0. The Morgan fingerprint density at radius 3 is 2.80 bits per heavy atom. The molecule has 20 heavy (non-hydrogen) atoms. The lowest BCUT2D eigenvalue weighted by atomic mass is 10.0. The fourth-order valence-electron chi connectivity index (χ4n) is 3.23. The highest BCUT2D eigenvalue weighted by molar-refractivity contribution is 5.35. The van der Waals surface area contributed by atoms with Crippen LogP contribution in [0.1, 0.15) is 53.6 Å². The van der Waals surface area contributed by atoms with Crippen LogP contribution in [0.5, 0.6) is 0 Å². The highest BCUT2D eigenvalue weighted by atomic mass is 19.1. The van der Waals surface area contributed by atoms with Gasteiger partial charge in [-0.2, -0.15) is 0 Å². The van der Waals surface area contributed by atoms with Crippen LogP contribution in [0.3, 0.4) is 0 Å². The van der Waals surface area contributed by atoms with Crippen LogP contribution in [-0.2, 0) is 6.42 Å². The number of hydrogen-bond acceptors (Lipinski definition) is 2. The molecule has 0 aliphatic heterocycles. The molecular weight excluding hydrogens is 253 g/mol. The van der Waals surface area contributed by atoms with Crippen LogP contribution in [0.2, 0.25) is 0 Å². The van der Waals surface area contributed by atoms with E-state index in [0.29, 0.717) is 6.04 Å². The van der Waals surface area contributed by atoms with Crippen molar-refractivity contribution in [1.82, 2.24) is 5.32 Å². The summed E-state index contributed by atoms with van der Waals surface area (Å²) >= 11 is 0. The van der Waals surface area contributed by atoms with Crippen LogP contribution in [0, 0.1) is 19.7 Å². The van der Waals surface area contributed by atoms with E-state index in [9.17, 15) is 4.39 Å². The van der Waals surface area contributed by atoms with Gasteiger partial charge >= 0.3 is 0 Å². The first-order valence-corrected chi connectivity index (χ1v) is 7.16. The largest absolute Gasteiger partial charge is 0.466 e. The molecule has 0 saturated carbocycles. The Morgan fingerprint density at radius 2 is 2.10 bits per heavy atom. The summed E-state index contributed by atoms with van der Waals surface area (Å²) in [6, 6.07) is 7.75. The molecule has 3 heteroatoms. The van der Waals surface area contributed by atoms with Gasteiger partial charge in [-0.25, -0.2) is 4.39 Å². The lowest BCUT2D eigenvalue weighted by Crippen LogP contribution is -2.23. The van der Waals surface area contributed by atoms with Crippen LogP contribution in [0.15, 0.2) is 28.7 Å². The number of aryl methyl sites for hydroxylation is 3. The number of nitrogens with one attached hydrogen (secondary N) is 1. The summed E-state index contributed by atoms with van der Waals surface area (Å²) in [6.07, 6.45) is 1.97. The third kappa shape index (κ3) is 2.38. The average Bonchev–Trinajstić information content (AvgIpc) is 2.93. The summed E-state index contributed by atoms with van der Waals surface area (Å²) in [6.45, 7) is 6.12. The lowest BCUT2D eigenvalue weighted by Gasteiger charge is -2.20. The van der Waals surface area contributed by atoms with Gasteiger partial charge in [0.2, 0.25) is 0 Å². The van der Waals surface area contributed by atoms with E-state index < -0.39 is 0 Å². The predicted octanol–water partition coefficient (Wildman–Crippen LogP) is 4.37. The maximum absolute atomic E-state index is 13.2. The second kappa shape index (κ2) is 5.06. The minimum Gasteiger partial charge on any atom is -0.466 e. The second-order valence-electron chi connectivity index (χ2n) is 5.69. The van der Waals surface area contributed by atoms with Gasteiger partial charge in [0, 0.05) is 17.6 Å². The predicted molar refractivity (Wildman–Crippen MR) is 77.2 cm³/mol. The molecule has 2 atom stereocenters. The SMILES string of the molecule is Cc1cc(C(C)NC2CCc3cc(F)ccc32)c(C)o1. The van der Waals surface area contributed by atoms with E-state index in [1.807, 2.05) is 19.9 Å². The molecule has 0 bridgehead atoms. The minimum absolute atomic E-state index is 0.140. The highest BCUT2D eigenvalue weighted by Gasteiger charge is 2.25. The van der Waals surface area contributed by atoms with E-state index in [1.165, 1.54) is 11.1 Å². The maximum Gasteiger partial charge on any atom is 0.123 e. The zero-order valence-electron chi connectivity index (χ0n) is 12.2. The zero-order valence-corrected chi connectivity index (χ0v) is 12.2. The Hall–Kier alpha value is -1.61. The molecule has 0 radical (unpaired) electrons. The molecule has 106 valence electrons. The molecule has 0 amide bonds. The molecule has 0 spiro atoms. The fourth-order valence-corrected chi connectivity index (χ4v) is 3.23. The molecule has 1 aliphatic carbocycles. The Kier molecular flexibility index (Phi) is 3.38. The summed E-state index contributed by atoms with van der Waals surface area (Å²) in [5, 5.41) is 3.64. The van der Waals surface area contributed by atoms with Gasteiger partial charge in [0.25, 0.3) is 0 Å². The van der Waals surface area contributed by atoms with Crippen molar-refractivity contribution in [1.29, 1.82) is 0 Å². The van der Waals surface area contributed by atoms with Gasteiger partial charge < -0.3 is 9.73 Å². The van der Waals surface area contributed by atoms with Crippen LogP contribution < -0.4 is 5.32 Å². The molecular formula is C17H20FNO. The smallest absolute Gasteiger partial charge is 0.123 e. The van der Waals surface area contributed by atoms with Crippen LogP contribution in [0.4, 0.5) is 4.39 Å². The third-order valence-corrected chi connectivity index (χ3v) is 4.18. The standard InChI is InChI=1S/C17H20FNO/c1-10-8-16(12(3)20-10)11(2)19-17-7-4-13-9-14(18)5-6-15(13)17/h5-6,8-9,11,17,19H,4,7H2,1-3H3. The van der Waals surface area contributed by atoms with Crippen molar-refractivity contribution in [3.8, 4) is 0 Å². The minimum atomic E-state index is -0.140. The zero-order chi connectivity index (χ0) is 14.3. The van der Waals surface area contributed by atoms with Gasteiger partial charge in [-0.05, 0) is 62.9 Å². The molecule has 1 aromatic heterocycles. The van der Waals surface area contributed by atoms with Crippen LogP contribution >= 0.6 is 0 Å². The van der Waals surface area contributed by atoms with Gasteiger partial charge in [-0.15, -0.1) is 0 Å². The van der Waals surface area contributed by atoms with Gasteiger partial charge in [0.1, 0.15) is 17.3 Å². The monoisotopic (exact) mass is 273 g/mol. The average molecular weight is 273 g/mol. The van der Waals surface area contributed by atoms with E-state index in [-0.39, 0.29) is 11.9 Å². The van der Waals surface area contributed by atoms with E-state index in [1.54, 1.807) is 12.1 Å². The molecule has 2 nitrogen and oxygen atoms in total. The molecule has 3 rings (SSSR count). The van der Waals surface area contributed by atoms with E-state index >= 15 is 0 Å². The number of hydrogen-bond donors (Lipinski definition) is 1. The first-order valence-electron chi connectivity index (χ1n) is 7.16. The van der Waals surface area contributed by atoms with Gasteiger partial charge in [0.15, 0.2) is 0 Å². The van der Waals surface area contributed by atoms with Crippen molar-refractivity contribution in [3.63, 3.8) is 0 Å². The Morgan fingerprint density at radius 1 is 1.30 bits per heavy atom.